The van der Waals surface area contributed by atoms with Gasteiger partial charge in [-0.3, -0.25) is 9.59 Å². The highest BCUT2D eigenvalue weighted by atomic mass is 16.4. The number of anilines is 1. The van der Waals surface area contributed by atoms with E-state index in [1.807, 2.05) is 13.8 Å². The number of carboxylic acids is 1. The van der Waals surface area contributed by atoms with Crippen LogP contribution in [0.2, 0.25) is 0 Å². The molecule has 1 unspecified atom stereocenters. The fraction of sp³-hybridized carbons (Fsp3) is 0.462. The molecular formula is C13H19N3O3. The molecule has 1 aromatic heterocycles. The third-order valence-electron chi connectivity index (χ3n) is 2.67. The summed E-state index contributed by atoms with van der Waals surface area (Å²) in [5, 5.41) is 11.6. The Hall–Kier alpha value is -2.11. The van der Waals surface area contributed by atoms with E-state index in [9.17, 15) is 9.59 Å². The molecule has 6 nitrogen and oxygen atoms in total. The maximum Gasteiger partial charge on any atom is 0.308 e. The van der Waals surface area contributed by atoms with Gasteiger partial charge in [0, 0.05) is 12.7 Å². The van der Waals surface area contributed by atoms with Crippen LogP contribution in [0.15, 0.2) is 18.3 Å². The first-order valence-electron chi connectivity index (χ1n) is 6.13. The number of rotatable bonds is 6. The van der Waals surface area contributed by atoms with Gasteiger partial charge >= 0.3 is 5.97 Å². The molecule has 1 heterocycles. The predicted molar refractivity (Wildman–Crippen MR) is 71.6 cm³/mol. The minimum atomic E-state index is -0.914. The Morgan fingerprint density at radius 2 is 2.16 bits per heavy atom. The first kappa shape index (κ1) is 14.9. The highest BCUT2D eigenvalue weighted by Gasteiger charge is 2.20. The van der Waals surface area contributed by atoms with Gasteiger partial charge in [-0.1, -0.05) is 13.8 Å². The lowest BCUT2D eigenvalue weighted by Crippen LogP contribution is -2.34. The number of nitrogens with zero attached hydrogens (tertiary/aromatic N) is 1. The van der Waals surface area contributed by atoms with Crippen LogP contribution in [0, 0.1) is 11.8 Å². The largest absolute Gasteiger partial charge is 0.481 e. The number of carbonyl (C=O) groups is 2. The molecule has 0 aliphatic heterocycles. The molecule has 4 N–H and O–H groups in total. The summed E-state index contributed by atoms with van der Waals surface area (Å²) in [6.45, 7) is 3.95. The van der Waals surface area contributed by atoms with Crippen molar-refractivity contribution in [1.82, 2.24) is 10.3 Å². The molecule has 0 spiro atoms. The number of nitrogens with two attached hydrogens (primary N) is 1. The van der Waals surface area contributed by atoms with Crippen LogP contribution >= 0.6 is 0 Å². The molecule has 0 bridgehead atoms. The number of hydrogen-bond acceptors (Lipinski definition) is 4. The summed E-state index contributed by atoms with van der Waals surface area (Å²) in [7, 11) is 0. The molecule has 0 fully saturated rings. The summed E-state index contributed by atoms with van der Waals surface area (Å²) in [6, 6.07) is 3.20. The van der Waals surface area contributed by atoms with Crippen LogP contribution < -0.4 is 11.1 Å². The number of pyridine rings is 1. The average Bonchev–Trinajstić information content (AvgIpc) is 2.34. The fourth-order valence-corrected chi connectivity index (χ4v) is 1.75. The molecule has 0 saturated carbocycles. The molecule has 0 saturated heterocycles. The number of hydrogen-bond donors (Lipinski definition) is 3. The second-order valence-corrected chi connectivity index (χ2v) is 4.82. The standard InChI is InChI=1S/C13H19N3O3/c1-8(2)6-9(13(18)19)7-16-12(17)11-10(14)4-3-5-15-11/h3-5,8-9H,6-7,14H2,1-2H3,(H,16,17)(H,18,19). The fourth-order valence-electron chi connectivity index (χ4n) is 1.75. The van der Waals surface area contributed by atoms with Gasteiger partial charge in [0.15, 0.2) is 5.69 Å². The van der Waals surface area contributed by atoms with Crippen LogP contribution in [0.5, 0.6) is 0 Å². The molecule has 0 aliphatic carbocycles. The first-order chi connectivity index (χ1) is 8.91. The molecule has 1 rings (SSSR count). The van der Waals surface area contributed by atoms with Gasteiger partial charge < -0.3 is 16.2 Å². The zero-order valence-corrected chi connectivity index (χ0v) is 11.1. The Morgan fingerprint density at radius 3 is 2.68 bits per heavy atom. The van der Waals surface area contributed by atoms with Crippen molar-refractivity contribution in [3.8, 4) is 0 Å². The van der Waals surface area contributed by atoms with Crippen molar-refractivity contribution >= 4 is 17.6 Å². The number of carboxylic acid groups (broad SMARTS) is 1. The van der Waals surface area contributed by atoms with Gasteiger partial charge in [-0.15, -0.1) is 0 Å². The second-order valence-electron chi connectivity index (χ2n) is 4.82. The molecule has 1 atom stereocenters. The summed E-state index contributed by atoms with van der Waals surface area (Å²) in [5.41, 5.74) is 6.02. The second kappa shape index (κ2) is 6.72. The maximum absolute atomic E-state index is 11.8. The third-order valence-corrected chi connectivity index (χ3v) is 2.67. The smallest absolute Gasteiger partial charge is 0.308 e. The summed E-state index contributed by atoms with van der Waals surface area (Å²) in [5.74, 6) is -1.72. The number of aliphatic carboxylic acids is 1. The van der Waals surface area contributed by atoms with Crippen molar-refractivity contribution in [2.24, 2.45) is 11.8 Å². The van der Waals surface area contributed by atoms with Gasteiger partial charge in [-0.25, -0.2) is 4.98 Å². The van der Waals surface area contributed by atoms with E-state index in [1.54, 1.807) is 12.1 Å². The van der Waals surface area contributed by atoms with Crippen molar-refractivity contribution in [1.29, 1.82) is 0 Å². The lowest BCUT2D eigenvalue weighted by Gasteiger charge is -2.15. The SMILES string of the molecule is CC(C)CC(CNC(=O)c1ncccc1N)C(=O)O. The van der Waals surface area contributed by atoms with E-state index >= 15 is 0 Å². The van der Waals surface area contributed by atoms with Crippen LogP contribution in [0.4, 0.5) is 5.69 Å². The number of carbonyl (C=O) groups excluding carboxylic acids is 1. The number of amides is 1. The van der Waals surface area contributed by atoms with E-state index in [-0.39, 0.29) is 23.8 Å². The van der Waals surface area contributed by atoms with Gasteiger partial charge in [-0.05, 0) is 24.5 Å². The van der Waals surface area contributed by atoms with Crippen LogP contribution in [-0.4, -0.2) is 28.5 Å². The first-order valence-corrected chi connectivity index (χ1v) is 6.13. The van der Waals surface area contributed by atoms with Crippen LogP contribution in [0.25, 0.3) is 0 Å². The minimum absolute atomic E-state index is 0.0718. The molecule has 104 valence electrons. The highest BCUT2D eigenvalue weighted by Crippen LogP contribution is 2.12. The van der Waals surface area contributed by atoms with Crippen molar-refractivity contribution in [3.05, 3.63) is 24.0 Å². The molecule has 0 aliphatic rings. The molecule has 1 aromatic rings. The molecule has 0 aromatic carbocycles. The summed E-state index contributed by atoms with van der Waals surface area (Å²) in [4.78, 5) is 26.8. The monoisotopic (exact) mass is 265 g/mol. The Kier molecular flexibility index (Phi) is 5.29. The van der Waals surface area contributed by atoms with Crippen LogP contribution in [-0.2, 0) is 4.79 Å². The van der Waals surface area contributed by atoms with Crippen molar-refractivity contribution in [3.63, 3.8) is 0 Å². The van der Waals surface area contributed by atoms with E-state index in [0.29, 0.717) is 6.42 Å². The zero-order valence-electron chi connectivity index (χ0n) is 11.1. The number of nitrogens with one attached hydrogen (secondary N) is 1. The van der Waals surface area contributed by atoms with Crippen molar-refractivity contribution in [2.75, 3.05) is 12.3 Å². The van der Waals surface area contributed by atoms with E-state index < -0.39 is 17.8 Å². The van der Waals surface area contributed by atoms with Crippen LogP contribution in [0.3, 0.4) is 0 Å². The van der Waals surface area contributed by atoms with Crippen molar-refractivity contribution < 1.29 is 14.7 Å². The highest BCUT2D eigenvalue weighted by molar-refractivity contribution is 5.97. The van der Waals surface area contributed by atoms with Crippen LogP contribution in [0.1, 0.15) is 30.8 Å². The quantitative estimate of drug-likeness (QED) is 0.715. The van der Waals surface area contributed by atoms with E-state index in [0.717, 1.165) is 0 Å². The third kappa shape index (κ3) is 4.57. The number of aromatic nitrogens is 1. The van der Waals surface area contributed by atoms with Gasteiger partial charge in [0.1, 0.15) is 0 Å². The van der Waals surface area contributed by atoms with Gasteiger partial charge in [0.05, 0.1) is 11.6 Å². The molecule has 6 heteroatoms. The predicted octanol–water partition coefficient (Wildman–Crippen LogP) is 1.14. The Balaban J connectivity index is 2.62. The van der Waals surface area contributed by atoms with E-state index in [2.05, 4.69) is 10.3 Å². The number of nitrogen functional groups attached to an aromatic ring is 1. The van der Waals surface area contributed by atoms with Gasteiger partial charge in [0.2, 0.25) is 0 Å². The normalized spacial score (nSPS) is 12.2. The molecular weight excluding hydrogens is 246 g/mol. The van der Waals surface area contributed by atoms with E-state index in [4.69, 9.17) is 10.8 Å². The molecule has 19 heavy (non-hydrogen) atoms. The van der Waals surface area contributed by atoms with Crippen molar-refractivity contribution in [2.45, 2.75) is 20.3 Å². The Morgan fingerprint density at radius 1 is 1.47 bits per heavy atom. The van der Waals surface area contributed by atoms with Gasteiger partial charge in [0.25, 0.3) is 5.91 Å². The summed E-state index contributed by atoms with van der Waals surface area (Å²) < 4.78 is 0. The minimum Gasteiger partial charge on any atom is -0.481 e. The lowest BCUT2D eigenvalue weighted by molar-refractivity contribution is -0.142. The maximum atomic E-state index is 11.8. The lowest BCUT2D eigenvalue weighted by atomic mass is 9.97. The topological polar surface area (TPSA) is 105 Å². The zero-order chi connectivity index (χ0) is 14.4. The van der Waals surface area contributed by atoms with Gasteiger partial charge in [-0.2, -0.15) is 0 Å². The van der Waals surface area contributed by atoms with E-state index in [1.165, 1.54) is 6.20 Å². The molecule has 0 radical (unpaired) electrons. The summed E-state index contributed by atoms with van der Waals surface area (Å²) in [6.07, 6.45) is 1.97. The Bertz CT molecular complexity index is 460. The average molecular weight is 265 g/mol. The molecule has 1 amide bonds. The summed E-state index contributed by atoms with van der Waals surface area (Å²) >= 11 is 0. The Labute approximate surface area is 112 Å².